The van der Waals surface area contributed by atoms with Crippen LogP contribution in [0.25, 0.3) is 11.3 Å². The van der Waals surface area contributed by atoms with Crippen molar-refractivity contribution >= 4 is 0 Å². The van der Waals surface area contributed by atoms with Gasteiger partial charge in [0, 0.05) is 5.56 Å². The highest BCUT2D eigenvalue weighted by molar-refractivity contribution is 5.58. The standard InChI is InChI=1S/C16H21N3O/c1-12-4-3-5-14(10-12)19-11-16(17-18-19)13-6-8-15(20-2)9-7-13/h6-9,11-12,14H,3-5,10H2,1-2H3/t12-,14?/m1/s1. The lowest BCUT2D eigenvalue weighted by Gasteiger charge is -2.26. The molecule has 1 aliphatic rings. The first-order valence-corrected chi connectivity index (χ1v) is 7.32. The second-order valence-corrected chi connectivity index (χ2v) is 5.74. The van der Waals surface area contributed by atoms with E-state index in [2.05, 4.69) is 28.1 Å². The predicted octanol–water partition coefficient (Wildman–Crippen LogP) is 3.70. The van der Waals surface area contributed by atoms with E-state index in [0.717, 1.165) is 22.9 Å². The highest BCUT2D eigenvalue weighted by atomic mass is 16.5. The minimum atomic E-state index is 0.512. The Balaban J connectivity index is 1.78. The van der Waals surface area contributed by atoms with E-state index < -0.39 is 0 Å². The zero-order valence-corrected chi connectivity index (χ0v) is 12.1. The molecular weight excluding hydrogens is 250 g/mol. The number of hydrogen-bond acceptors (Lipinski definition) is 3. The van der Waals surface area contributed by atoms with Crippen LogP contribution >= 0.6 is 0 Å². The average molecular weight is 271 g/mol. The maximum absolute atomic E-state index is 5.18. The van der Waals surface area contributed by atoms with Gasteiger partial charge < -0.3 is 4.74 Å². The molecule has 0 aliphatic heterocycles. The molecule has 3 rings (SSSR count). The lowest BCUT2D eigenvalue weighted by atomic mass is 9.87. The Morgan fingerprint density at radius 3 is 2.70 bits per heavy atom. The van der Waals surface area contributed by atoms with Gasteiger partial charge in [-0.15, -0.1) is 5.10 Å². The van der Waals surface area contributed by atoms with Gasteiger partial charge in [-0.1, -0.05) is 25.0 Å². The van der Waals surface area contributed by atoms with Crippen molar-refractivity contribution in [3.05, 3.63) is 30.5 Å². The van der Waals surface area contributed by atoms with Crippen molar-refractivity contribution in [2.45, 2.75) is 38.6 Å². The highest BCUT2D eigenvalue weighted by Gasteiger charge is 2.21. The number of benzene rings is 1. The topological polar surface area (TPSA) is 39.9 Å². The Kier molecular flexibility index (Phi) is 3.72. The van der Waals surface area contributed by atoms with Gasteiger partial charge in [-0.25, -0.2) is 4.68 Å². The summed E-state index contributed by atoms with van der Waals surface area (Å²) >= 11 is 0. The van der Waals surface area contributed by atoms with E-state index in [4.69, 9.17) is 4.74 Å². The SMILES string of the molecule is COc1ccc(-c2cn(C3CCC[C@@H](C)C3)nn2)cc1. The molecule has 0 spiro atoms. The fraction of sp³-hybridized carbons (Fsp3) is 0.500. The predicted molar refractivity (Wildman–Crippen MR) is 78.7 cm³/mol. The summed E-state index contributed by atoms with van der Waals surface area (Å²) in [6.45, 7) is 2.33. The van der Waals surface area contributed by atoms with E-state index in [9.17, 15) is 0 Å². The number of aromatic nitrogens is 3. The van der Waals surface area contributed by atoms with Crippen LogP contribution in [-0.2, 0) is 0 Å². The van der Waals surface area contributed by atoms with E-state index in [0.29, 0.717) is 6.04 Å². The number of nitrogens with zero attached hydrogens (tertiary/aromatic N) is 3. The lowest BCUT2D eigenvalue weighted by Crippen LogP contribution is -2.18. The third-order valence-corrected chi connectivity index (χ3v) is 4.18. The van der Waals surface area contributed by atoms with Crippen molar-refractivity contribution in [2.24, 2.45) is 5.92 Å². The van der Waals surface area contributed by atoms with E-state index in [1.165, 1.54) is 25.7 Å². The molecule has 0 N–H and O–H groups in total. The van der Waals surface area contributed by atoms with Crippen molar-refractivity contribution in [1.29, 1.82) is 0 Å². The van der Waals surface area contributed by atoms with Crippen LogP contribution in [0.3, 0.4) is 0 Å². The summed E-state index contributed by atoms with van der Waals surface area (Å²) in [6.07, 6.45) is 7.14. The molecule has 20 heavy (non-hydrogen) atoms. The molecule has 1 aromatic carbocycles. The number of rotatable bonds is 3. The fourth-order valence-electron chi connectivity index (χ4n) is 2.99. The average Bonchev–Trinajstić information content (AvgIpc) is 2.97. The molecule has 4 heteroatoms. The van der Waals surface area contributed by atoms with Gasteiger partial charge in [0.1, 0.15) is 11.4 Å². The molecule has 0 amide bonds. The monoisotopic (exact) mass is 271 g/mol. The normalized spacial score (nSPS) is 22.7. The third kappa shape index (κ3) is 2.69. The Morgan fingerprint density at radius 1 is 1.20 bits per heavy atom. The van der Waals surface area contributed by atoms with Gasteiger partial charge >= 0.3 is 0 Å². The fourth-order valence-corrected chi connectivity index (χ4v) is 2.99. The molecule has 1 saturated carbocycles. The van der Waals surface area contributed by atoms with Gasteiger partial charge in [-0.05, 0) is 43.0 Å². The van der Waals surface area contributed by atoms with E-state index >= 15 is 0 Å². The summed E-state index contributed by atoms with van der Waals surface area (Å²) in [5.74, 6) is 1.66. The zero-order chi connectivity index (χ0) is 13.9. The van der Waals surface area contributed by atoms with Crippen LogP contribution in [0.4, 0.5) is 0 Å². The van der Waals surface area contributed by atoms with Crippen molar-refractivity contribution in [3.8, 4) is 17.0 Å². The summed E-state index contributed by atoms with van der Waals surface area (Å²) in [4.78, 5) is 0. The van der Waals surface area contributed by atoms with Crippen LogP contribution in [0.2, 0.25) is 0 Å². The summed E-state index contributed by atoms with van der Waals surface area (Å²) < 4.78 is 7.23. The summed E-state index contributed by atoms with van der Waals surface area (Å²) in [7, 11) is 1.68. The second kappa shape index (κ2) is 5.65. The number of methoxy groups -OCH3 is 1. The molecule has 106 valence electrons. The molecule has 1 heterocycles. The minimum absolute atomic E-state index is 0.512. The maximum Gasteiger partial charge on any atom is 0.118 e. The van der Waals surface area contributed by atoms with E-state index in [-0.39, 0.29) is 0 Å². The Labute approximate surface area is 119 Å². The lowest BCUT2D eigenvalue weighted by molar-refractivity contribution is 0.263. The molecular formula is C16H21N3O. The number of hydrogen-bond donors (Lipinski definition) is 0. The first-order valence-electron chi connectivity index (χ1n) is 7.32. The van der Waals surface area contributed by atoms with Gasteiger partial charge in [-0.2, -0.15) is 0 Å². The van der Waals surface area contributed by atoms with Crippen molar-refractivity contribution in [2.75, 3.05) is 7.11 Å². The first-order chi connectivity index (χ1) is 9.76. The maximum atomic E-state index is 5.18. The highest BCUT2D eigenvalue weighted by Crippen LogP contribution is 2.32. The summed E-state index contributed by atoms with van der Waals surface area (Å²) in [5, 5.41) is 8.64. The van der Waals surface area contributed by atoms with Crippen LogP contribution in [0, 0.1) is 5.92 Å². The van der Waals surface area contributed by atoms with Gasteiger partial charge in [-0.3, -0.25) is 0 Å². The van der Waals surface area contributed by atoms with E-state index in [1.807, 2.05) is 24.3 Å². The van der Waals surface area contributed by atoms with Crippen molar-refractivity contribution in [1.82, 2.24) is 15.0 Å². The van der Waals surface area contributed by atoms with Gasteiger partial charge in [0.15, 0.2) is 0 Å². The van der Waals surface area contributed by atoms with Gasteiger partial charge in [0.2, 0.25) is 0 Å². The van der Waals surface area contributed by atoms with Gasteiger partial charge in [0.25, 0.3) is 0 Å². The molecule has 2 aromatic rings. The smallest absolute Gasteiger partial charge is 0.118 e. The van der Waals surface area contributed by atoms with Crippen LogP contribution in [0.5, 0.6) is 5.75 Å². The van der Waals surface area contributed by atoms with Crippen LogP contribution < -0.4 is 4.74 Å². The third-order valence-electron chi connectivity index (χ3n) is 4.18. The molecule has 0 radical (unpaired) electrons. The Morgan fingerprint density at radius 2 is 2.00 bits per heavy atom. The number of ether oxygens (including phenoxy) is 1. The molecule has 0 saturated heterocycles. The zero-order valence-electron chi connectivity index (χ0n) is 12.1. The van der Waals surface area contributed by atoms with Crippen LogP contribution in [-0.4, -0.2) is 22.1 Å². The molecule has 0 bridgehead atoms. The Bertz CT molecular complexity index is 561. The van der Waals surface area contributed by atoms with Gasteiger partial charge in [0.05, 0.1) is 19.3 Å². The molecule has 4 nitrogen and oxygen atoms in total. The van der Waals surface area contributed by atoms with Crippen LogP contribution in [0.1, 0.15) is 38.6 Å². The Hall–Kier alpha value is -1.84. The molecule has 1 unspecified atom stereocenters. The summed E-state index contributed by atoms with van der Waals surface area (Å²) in [6, 6.07) is 8.47. The largest absolute Gasteiger partial charge is 0.497 e. The molecule has 1 aliphatic carbocycles. The van der Waals surface area contributed by atoms with E-state index in [1.54, 1.807) is 7.11 Å². The first kappa shape index (κ1) is 13.2. The molecule has 1 fully saturated rings. The van der Waals surface area contributed by atoms with Crippen molar-refractivity contribution in [3.63, 3.8) is 0 Å². The summed E-state index contributed by atoms with van der Waals surface area (Å²) in [5.41, 5.74) is 2.02. The van der Waals surface area contributed by atoms with Crippen molar-refractivity contribution < 1.29 is 4.74 Å². The minimum Gasteiger partial charge on any atom is -0.497 e. The molecule has 1 aromatic heterocycles. The quantitative estimate of drug-likeness (QED) is 0.854. The van der Waals surface area contributed by atoms with Crippen LogP contribution in [0.15, 0.2) is 30.5 Å². The second-order valence-electron chi connectivity index (χ2n) is 5.74. The molecule has 2 atom stereocenters.